The van der Waals surface area contributed by atoms with Crippen LogP contribution in [0, 0.1) is 0 Å². The quantitative estimate of drug-likeness (QED) is 0.531. The number of nitrogen functional groups attached to an aromatic ring is 1. The predicted octanol–water partition coefficient (Wildman–Crippen LogP) is 0.235. The summed E-state index contributed by atoms with van der Waals surface area (Å²) in [6, 6.07) is 2.48. The number of hydrazine groups is 1. The Hall–Kier alpha value is -1.40. The molecule has 1 saturated carbocycles. The second-order valence-electron chi connectivity index (χ2n) is 3.92. The van der Waals surface area contributed by atoms with Gasteiger partial charge < -0.3 is 9.64 Å². The minimum atomic E-state index is 0.369. The summed E-state index contributed by atoms with van der Waals surface area (Å²) in [5.74, 6) is 6.12. The Bertz CT molecular complexity index is 342. The first kappa shape index (κ1) is 11.1. The Kier molecular flexibility index (Phi) is 3.53. The zero-order valence-electron chi connectivity index (χ0n) is 9.39. The van der Waals surface area contributed by atoms with Crippen molar-refractivity contribution >= 4 is 5.95 Å². The van der Waals surface area contributed by atoms with Crippen LogP contribution in [-0.4, -0.2) is 41.1 Å². The van der Waals surface area contributed by atoms with E-state index < -0.39 is 0 Å². The predicted molar refractivity (Wildman–Crippen MR) is 61.0 cm³/mol. The molecule has 0 saturated heterocycles. The van der Waals surface area contributed by atoms with Gasteiger partial charge in [-0.3, -0.25) is 5.43 Å². The van der Waals surface area contributed by atoms with Crippen molar-refractivity contribution in [1.29, 1.82) is 0 Å². The van der Waals surface area contributed by atoms with Gasteiger partial charge in [0.15, 0.2) is 0 Å². The highest BCUT2D eigenvalue weighted by molar-refractivity contribution is 5.25. The number of nitrogens with two attached hydrogens (primary N) is 1. The lowest BCUT2D eigenvalue weighted by Gasteiger charge is -2.15. The highest BCUT2D eigenvalue weighted by Gasteiger charge is 2.25. The van der Waals surface area contributed by atoms with Crippen LogP contribution in [0.1, 0.15) is 12.8 Å². The van der Waals surface area contributed by atoms with E-state index in [-0.39, 0.29) is 0 Å². The maximum Gasteiger partial charge on any atom is 0.240 e. The van der Waals surface area contributed by atoms with Crippen LogP contribution in [0.3, 0.4) is 0 Å². The van der Waals surface area contributed by atoms with E-state index in [1.54, 1.807) is 12.3 Å². The number of hydrogen-bond acceptors (Lipinski definition) is 6. The van der Waals surface area contributed by atoms with Crippen LogP contribution in [0.15, 0.2) is 12.3 Å². The molecule has 6 heteroatoms. The number of nitrogens with one attached hydrogen (secondary N) is 1. The number of nitrogens with zero attached hydrogens (tertiary/aromatic N) is 3. The third kappa shape index (κ3) is 3.04. The van der Waals surface area contributed by atoms with Gasteiger partial charge >= 0.3 is 0 Å². The summed E-state index contributed by atoms with van der Waals surface area (Å²) in [6.07, 6.45) is 4.23. The van der Waals surface area contributed by atoms with Gasteiger partial charge in [-0.2, -0.15) is 4.98 Å². The summed E-state index contributed by atoms with van der Waals surface area (Å²) in [6.45, 7) is 1.55. The molecule has 0 aliphatic heterocycles. The highest BCUT2D eigenvalue weighted by Crippen LogP contribution is 2.24. The van der Waals surface area contributed by atoms with Crippen LogP contribution >= 0.6 is 0 Å². The van der Waals surface area contributed by atoms with Gasteiger partial charge in [-0.1, -0.05) is 0 Å². The van der Waals surface area contributed by atoms with E-state index in [4.69, 9.17) is 10.6 Å². The molecule has 0 spiro atoms. The van der Waals surface area contributed by atoms with Crippen LogP contribution in [-0.2, 0) is 0 Å². The Labute approximate surface area is 94.8 Å². The number of rotatable bonds is 6. The fraction of sp³-hybridized carbons (Fsp3) is 0.600. The Morgan fingerprint density at radius 2 is 2.44 bits per heavy atom. The van der Waals surface area contributed by atoms with Crippen LogP contribution in [0.25, 0.3) is 0 Å². The fourth-order valence-corrected chi connectivity index (χ4v) is 1.48. The molecule has 0 bridgehead atoms. The molecule has 1 aliphatic carbocycles. The smallest absolute Gasteiger partial charge is 0.240 e. The second-order valence-corrected chi connectivity index (χ2v) is 3.92. The summed E-state index contributed by atoms with van der Waals surface area (Å²) in [4.78, 5) is 10.3. The molecule has 1 aliphatic rings. The largest absolute Gasteiger partial charge is 0.476 e. The molecule has 1 aromatic heterocycles. The van der Waals surface area contributed by atoms with Gasteiger partial charge in [0, 0.05) is 24.8 Å². The van der Waals surface area contributed by atoms with Crippen molar-refractivity contribution in [3.8, 4) is 5.88 Å². The van der Waals surface area contributed by atoms with Crippen LogP contribution in [0.5, 0.6) is 5.88 Å². The molecule has 1 fully saturated rings. The minimum Gasteiger partial charge on any atom is -0.476 e. The van der Waals surface area contributed by atoms with Crippen molar-refractivity contribution in [1.82, 2.24) is 14.9 Å². The van der Waals surface area contributed by atoms with E-state index in [1.807, 2.05) is 0 Å². The summed E-state index contributed by atoms with van der Waals surface area (Å²) in [5.41, 5.74) is 2.38. The lowest BCUT2D eigenvalue weighted by molar-refractivity contribution is 0.226. The summed E-state index contributed by atoms with van der Waals surface area (Å²) in [7, 11) is 2.12. The zero-order valence-corrected chi connectivity index (χ0v) is 9.39. The standard InChI is InChI=1S/C10H17N5O/c1-15(8-2-3-8)6-7-16-9-4-5-12-10(13-9)14-11/h4-5,8H,2-3,6-7,11H2,1H3,(H,12,13,14). The van der Waals surface area contributed by atoms with E-state index in [0.717, 1.165) is 12.6 Å². The topological polar surface area (TPSA) is 76.3 Å². The maximum atomic E-state index is 5.51. The van der Waals surface area contributed by atoms with E-state index in [9.17, 15) is 0 Å². The third-order valence-electron chi connectivity index (χ3n) is 2.62. The van der Waals surface area contributed by atoms with Gasteiger partial charge in [0.05, 0.1) is 0 Å². The fourth-order valence-electron chi connectivity index (χ4n) is 1.48. The van der Waals surface area contributed by atoms with Crippen molar-refractivity contribution in [3.05, 3.63) is 12.3 Å². The first-order valence-electron chi connectivity index (χ1n) is 5.42. The van der Waals surface area contributed by atoms with Crippen molar-refractivity contribution in [3.63, 3.8) is 0 Å². The zero-order chi connectivity index (χ0) is 11.4. The molecular formula is C10H17N5O. The van der Waals surface area contributed by atoms with E-state index in [2.05, 4.69) is 27.3 Å². The van der Waals surface area contributed by atoms with Crippen molar-refractivity contribution < 1.29 is 4.74 Å². The third-order valence-corrected chi connectivity index (χ3v) is 2.62. The molecule has 3 N–H and O–H groups in total. The van der Waals surface area contributed by atoms with Gasteiger partial charge in [-0.25, -0.2) is 10.8 Å². The van der Waals surface area contributed by atoms with Gasteiger partial charge in [0.1, 0.15) is 6.61 Å². The average Bonchev–Trinajstić information content (AvgIpc) is 3.13. The molecule has 16 heavy (non-hydrogen) atoms. The molecule has 2 rings (SSSR count). The van der Waals surface area contributed by atoms with Crippen LogP contribution in [0.4, 0.5) is 5.95 Å². The lowest BCUT2D eigenvalue weighted by atomic mass is 10.5. The first-order chi connectivity index (χ1) is 7.79. The monoisotopic (exact) mass is 223 g/mol. The van der Waals surface area contributed by atoms with Gasteiger partial charge in [0.2, 0.25) is 11.8 Å². The number of hydrogen-bond donors (Lipinski definition) is 2. The molecule has 0 atom stereocenters. The number of ether oxygens (including phenoxy) is 1. The minimum absolute atomic E-state index is 0.369. The molecule has 1 heterocycles. The van der Waals surface area contributed by atoms with Gasteiger partial charge in [-0.05, 0) is 19.9 Å². The van der Waals surface area contributed by atoms with E-state index in [0.29, 0.717) is 18.4 Å². The molecule has 0 unspecified atom stereocenters. The molecule has 0 amide bonds. The second kappa shape index (κ2) is 5.09. The molecule has 88 valence electrons. The molecule has 6 nitrogen and oxygen atoms in total. The number of likely N-dealkylation sites (N-methyl/N-ethyl adjacent to an activating group) is 1. The molecule has 0 radical (unpaired) electrons. The van der Waals surface area contributed by atoms with E-state index >= 15 is 0 Å². The van der Waals surface area contributed by atoms with Gasteiger partial charge in [-0.15, -0.1) is 0 Å². The molecular weight excluding hydrogens is 206 g/mol. The lowest BCUT2D eigenvalue weighted by Crippen LogP contribution is -2.26. The Morgan fingerprint density at radius 1 is 1.62 bits per heavy atom. The summed E-state index contributed by atoms with van der Waals surface area (Å²) >= 11 is 0. The maximum absolute atomic E-state index is 5.51. The van der Waals surface area contributed by atoms with Crippen LogP contribution < -0.4 is 16.0 Å². The van der Waals surface area contributed by atoms with Crippen molar-refractivity contribution in [2.45, 2.75) is 18.9 Å². The summed E-state index contributed by atoms with van der Waals surface area (Å²) < 4.78 is 5.51. The highest BCUT2D eigenvalue weighted by atomic mass is 16.5. The van der Waals surface area contributed by atoms with Crippen LogP contribution in [0.2, 0.25) is 0 Å². The van der Waals surface area contributed by atoms with Crippen molar-refractivity contribution in [2.24, 2.45) is 5.84 Å². The normalized spacial score (nSPS) is 15.2. The molecule has 0 aromatic carbocycles. The summed E-state index contributed by atoms with van der Waals surface area (Å²) in [5, 5.41) is 0. The SMILES string of the molecule is CN(CCOc1ccnc(NN)n1)C1CC1. The Balaban J connectivity index is 1.75. The van der Waals surface area contributed by atoms with Crippen molar-refractivity contribution in [2.75, 3.05) is 25.6 Å². The number of anilines is 1. The first-order valence-corrected chi connectivity index (χ1v) is 5.42. The van der Waals surface area contributed by atoms with E-state index in [1.165, 1.54) is 12.8 Å². The van der Waals surface area contributed by atoms with Gasteiger partial charge in [0.25, 0.3) is 0 Å². The molecule has 1 aromatic rings. The average molecular weight is 223 g/mol. The Morgan fingerprint density at radius 3 is 3.12 bits per heavy atom. The number of aromatic nitrogens is 2.